The number of aryl methyl sites for hydroxylation is 2. The van der Waals surface area contributed by atoms with Gasteiger partial charge in [-0.05, 0) is 49.7 Å². The van der Waals surface area contributed by atoms with Crippen molar-refractivity contribution in [1.82, 2.24) is 9.88 Å². The number of thiazole rings is 1. The first kappa shape index (κ1) is 20.2. The molecular weight excluding hydrogens is 396 g/mol. The molecule has 156 valence electrons. The molecule has 1 aromatic heterocycles. The Balaban J connectivity index is 1.36. The zero-order valence-electron chi connectivity index (χ0n) is 17.5. The number of amides is 1. The summed E-state index contributed by atoms with van der Waals surface area (Å²) in [7, 11) is 1.67. The van der Waals surface area contributed by atoms with Crippen molar-refractivity contribution in [3.8, 4) is 5.75 Å². The summed E-state index contributed by atoms with van der Waals surface area (Å²) in [5.41, 5.74) is 5.05. The molecule has 0 radical (unpaired) electrons. The van der Waals surface area contributed by atoms with E-state index in [1.54, 1.807) is 7.11 Å². The van der Waals surface area contributed by atoms with Crippen LogP contribution in [0.3, 0.4) is 0 Å². The summed E-state index contributed by atoms with van der Waals surface area (Å²) in [5.74, 6) is 0.843. The highest BCUT2D eigenvalue weighted by atomic mass is 32.1. The van der Waals surface area contributed by atoms with Crippen LogP contribution in [0.25, 0.3) is 0 Å². The number of piperazine rings is 1. The quantitative estimate of drug-likeness (QED) is 0.657. The van der Waals surface area contributed by atoms with E-state index in [9.17, 15) is 4.79 Å². The van der Waals surface area contributed by atoms with E-state index in [1.807, 2.05) is 28.5 Å². The van der Waals surface area contributed by atoms with E-state index in [4.69, 9.17) is 4.74 Å². The highest BCUT2D eigenvalue weighted by Gasteiger charge is 2.24. The maximum atomic E-state index is 12.9. The van der Waals surface area contributed by atoms with Crippen LogP contribution in [-0.2, 0) is 0 Å². The summed E-state index contributed by atoms with van der Waals surface area (Å²) < 4.78 is 5.22. The first-order chi connectivity index (χ1) is 14.5. The summed E-state index contributed by atoms with van der Waals surface area (Å²) in [4.78, 5) is 21.6. The number of nitrogens with zero attached hydrogens (tertiary/aromatic N) is 3. The first-order valence-corrected chi connectivity index (χ1v) is 10.9. The first-order valence-electron chi connectivity index (χ1n) is 10.0. The second kappa shape index (κ2) is 8.75. The van der Waals surface area contributed by atoms with Crippen LogP contribution in [-0.4, -0.2) is 49.1 Å². The molecule has 7 heteroatoms. The monoisotopic (exact) mass is 422 g/mol. The largest absolute Gasteiger partial charge is 0.497 e. The van der Waals surface area contributed by atoms with Crippen LogP contribution in [0, 0.1) is 13.8 Å². The number of nitrogens with one attached hydrogen (secondary N) is 1. The van der Waals surface area contributed by atoms with Crippen molar-refractivity contribution < 1.29 is 9.53 Å². The van der Waals surface area contributed by atoms with Gasteiger partial charge in [-0.25, -0.2) is 4.98 Å². The standard InChI is InChI=1S/C23H26N4O2S/c1-16-4-9-20(17(2)14-16)24-23-25-21(15-30-23)22(28)27-12-10-26(11-13-27)18-5-7-19(29-3)8-6-18/h4-9,14-15H,10-13H2,1-3H3,(H,24,25). The number of aromatic nitrogens is 1. The van der Waals surface area contributed by atoms with Gasteiger partial charge >= 0.3 is 0 Å². The molecule has 2 aromatic carbocycles. The number of hydrogen-bond donors (Lipinski definition) is 1. The number of carbonyl (C=O) groups excluding carboxylic acids is 1. The van der Waals surface area contributed by atoms with E-state index in [-0.39, 0.29) is 5.91 Å². The molecule has 30 heavy (non-hydrogen) atoms. The maximum Gasteiger partial charge on any atom is 0.273 e. The summed E-state index contributed by atoms with van der Waals surface area (Å²) in [6.45, 7) is 7.11. The fraction of sp³-hybridized carbons (Fsp3) is 0.304. The molecule has 1 N–H and O–H groups in total. The molecule has 0 bridgehead atoms. The Bertz CT molecular complexity index is 1020. The number of ether oxygens (including phenoxy) is 1. The fourth-order valence-electron chi connectivity index (χ4n) is 3.62. The second-order valence-electron chi connectivity index (χ2n) is 7.46. The minimum atomic E-state index is -0.00527. The number of carbonyl (C=O) groups is 1. The van der Waals surface area contributed by atoms with Crippen LogP contribution in [0.1, 0.15) is 21.6 Å². The van der Waals surface area contributed by atoms with Gasteiger partial charge in [-0.1, -0.05) is 17.7 Å². The lowest BCUT2D eigenvalue weighted by Crippen LogP contribution is -2.48. The Kier molecular flexibility index (Phi) is 5.90. The van der Waals surface area contributed by atoms with Crippen molar-refractivity contribution in [2.45, 2.75) is 13.8 Å². The molecule has 0 spiro atoms. The second-order valence-corrected chi connectivity index (χ2v) is 8.32. The van der Waals surface area contributed by atoms with Crippen LogP contribution in [0.5, 0.6) is 5.75 Å². The minimum absolute atomic E-state index is 0.00527. The average molecular weight is 423 g/mol. The fourth-order valence-corrected chi connectivity index (χ4v) is 4.32. The molecule has 0 unspecified atom stereocenters. The summed E-state index contributed by atoms with van der Waals surface area (Å²) in [6.07, 6.45) is 0. The Hall–Kier alpha value is -3.06. The van der Waals surface area contributed by atoms with Gasteiger partial charge in [0.05, 0.1) is 7.11 Å². The topological polar surface area (TPSA) is 57.7 Å². The van der Waals surface area contributed by atoms with Gasteiger partial charge in [0.2, 0.25) is 0 Å². The van der Waals surface area contributed by atoms with Crippen LogP contribution in [0.2, 0.25) is 0 Å². The predicted octanol–water partition coefficient (Wildman–Crippen LogP) is 4.47. The van der Waals surface area contributed by atoms with Gasteiger partial charge in [0, 0.05) is 42.9 Å². The predicted molar refractivity (Wildman–Crippen MR) is 122 cm³/mol. The highest BCUT2D eigenvalue weighted by Crippen LogP contribution is 2.25. The van der Waals surface area contributed by atoms with E-state index >= 15 is 0 Å². The molecule has 1 amide bonds. The minimum Gasteiger partial charge on any atom is -0.497 e. The lowest BCUT2D eigenvalue weighted by atomic mass is 10.1. The van der Waals surface area contributed by atoms with Crippen LogP contribution < -0.4 is 15.0 Å². The smallest absolute Gasteiger partial charge is 0.273 e. The molecule has 1 fully saturated rings. The van der Waals surface area contributed by atoms with Gasteiger partial charge in [0.1, 0.15) is 11.4 Å². The molecule has 0 saturated carbocycles. The zero-order valence-corrected chi connectivity index (χ0v) is 18.3. The molecule has 4 rings (SSSR count). The van der Waals surface area contributed by atoms with Gasteiger partial charge in [-0.2, -0.15) is 0 Å². The van der Waals surface area contributed by atoms with Crippen molar-refractivity contribution in [2.24, 2.45) is 0 Å². The summed E-state index contributed by atoms with van der Waals surface area (Å²) in [5, 5.41) is 5.91. The molecule has 6 nitrogen and oxygen atoms in total. The van der Waals surface area contributed by atoms with Crippen molar-refractivity contribution in [3.05, 3.63) is 64.7 Å². The van der Waals surface area contributed by atoms with E-state index < -0.39 is 0 Å². The average Bonchev–Trinajstić information content (AvgIpc) is 3.24. The van der Waals surface area contributed by atoms with Crippen LogP contribution in [0.4, 0.5) is 16.5 Å². The molecule has 2 heterocycles. The third kappa shape index (κ3) is 4.41. The van der Waals surface area contributed by atoms with Gasteiger partial charge in [0.25, 0.3) is 5.91 Å². The third-order valence-electron chi connectivity index (χ3n) is 5.35. The summed E-state index contributed by atoms with van der Waals surface area (Å²) in [6, 6.07) is 14.3. The molecule has 3 aromatic rings. The third-order valence-corrected chi connectivity index (χ3v) is 6.11. The van der Waals surface area contributed by atoms with Gasteiger partial charge in [0.15, 0.2) is 5.13 Å². The van der Waals surface area contributed by atoms with E-state index in [1.165, 1.54) is 16.9 Å². The van der Waals surface area contributed by atoms with Crippen molar-refractivity contribution in [3.63, 3.8) is 0 Å². The Labute approximate surface area is 181 Å². The maximum absolute atomic E-state index is 12.9. The lowest BCUT2D eigenvalue weighted by molar-refractivity contribution is 0.0742. The van der Waals surface area contributed by atoms with Crippen LogP contribution >= 0.6 is 11.3 Å². The SMILES string of the molecule is COc1ccc(N2CCN(C(=O)c3csc(Nc4ccc(C)cc4C)n3)CC2)cc1. The van der Waals surface area contributed by atoms with E-state index in [2.05, 4.69) is 53.3 Å². The van der Waals surface area contributed by atoms with E-state index in [0.29, 0.717) is 18.8 Å². The summed E-state index contributed by atoms with van der Waals surface area (Å²) >= 11 is 1.46. The molecule has 1 aliphatic heterocycles. The lowest BCUT2D eigenvalue weighted by Gasteiger charge is -2.35. The number of benzene rings is 2. The molecular formula is C23H26N4O2S. The Morgan fingerprint density at radius 2 is 1.80 bits per heavy atom. The molecule has 0 aliphatic carbocycles. The zero-order chi connectivity index (χ0) is 21.1. The number of hydrogen-bond acceptors (Lipinski definition) is 6. The van der Waals surface area contributed by atoms with Gasteiger partial charge in [-0.3, -0.25) is 4.79 Å². The van der Waals surface area contributed by atoms with E-state index in [0.717, 1.165) is 40.9 Å². The Morgan fingerprint density at radius 3 is 2.47 bits per heavy atom. The van der Waals surface area contributed by atoms with Crippen molar-refractivity contribution in [2.75, 3.05) is 43.5 Å². The van der Waals surface area contributed by atoms with Crippen LogP contribution in [0.15, 0.2) is 47.8 Å². The number of methoxy groups -OCH3 is 1. The molecule has 1 saturated heterocycles. The highest BCUT2D eigenvalue weighted by molar-refractivity contribution is 7.14. The van der Waals surface area contributed by atoms with Gasteiger partial charge < -0.3 is 19.9 Å². The number of anilines is 3. The van der Waals surface area contributed by atoms with Crippen molar-refractivity contribution >= 4 is 33.8 Å². The number of rotatable bonds is 5. The Morgan fingerprint density at radius 1 is 1.07 bits per heavy atom. The van der Waals surface area contributed by atoms with Crippen molar-refractivity contribution in [1.29, 1.82) is 0 Å². The van der Waals surface area contributed by atoms with Gasteiger partial charge in [-0.15, -0.1) is 11.3 Å². The molecule has 0 atom stereocenters. The molecule has 1 aliphatic rings. The normalized spacial score (nSPS) is 14.0.